The Hall–Kier alpha value is -1.34. The number of esters is 1. The van der Waals surface area contributed by atoms with Gasteiger partial charge in [-0.1, -0.05) is 0 Å². The van der Waals surface area contributed by atoms with Gasteiger partial charge in [0.05, 0.1) is 19.8 Å². The van der Waals surface area contributed by atoms with Gasteiger partial charge in [0.25, 0.3) is 0 Å². The zero-order chi connectivity index (χ0) is 13.2. The summed E-state index contributed by atoms with van der Waals surface area (Å²) in [6.45, 7) is 6.56. The van der Waals surface area contributed by atoms with Gasteiger partial charge >= 0.3 is 12.0 Å². The maximum atomic E-state index is 11.3. The van der Waals surface area contributed by atoms with Crippen molar-refractivity contribution in [3.05, 3.63) is 0 Å². The highest BCUT2D eigenvalue weighted by Gasteiger charge is 2.10. The Balaban J connectivity index is 2.00. The van der Waals surface area contributed by atoms with Crippen LogP contribution in [0.15, 0.2) is 0 Å². The average molecular weight is 259 g/mol. The van der Waals surface area contributed by atoms with Gasteiger partial charge in [-0.15, -0.1) is 0 Å². The van der Waals surface area contributed by atoms with Gasteiger partial charge < -0.3 is 20.1 Å². The molecule has 0 bridgehead atoms. The number of rotatable bonds is 6. The fourth-order valence-corrected chi connectivity index (χ4v) is 1.58. The van der Waals surface area contributed by atoms with Crippen molar-refractivity contribution in [2.45, 2.75) is 6.92 Å². The molecule has 1 rings (SSSR count). The van der Waals surface area contributed by atoms with Crippen LogP contribution in [0.3, 0.4) is 0 Å². The molecule has 0 aromatic carbocycles. The zero-order valence-electron chi connectivity index (χ0n) is 10.7. The van der Waals surface area contributed by atoms with Crippen LogP contribution < -0.4 is 10.6 Å². The summed E-state index contributed by atoms with van der Waals surface area (Å²) in [6, 6.07) is -0.351. The maximum absolute atomic E-state index is 11.3. The minimum Gasteiger partial charge on any atom is -0.465 e. The van der Waals surface area contributed by atoms with Gasteiger partial charge in [0.2, 0.25) is 0 Å². The second-order valence-corrected chi connectivity index (χ2v) is 3.87. The monoisotopic (exact) mass is 259 g/mol. The Labute approximate surface area is 107 Å². The van der Waals surface area contributed by atoms with Crippen LogP contribution in [0.25, 0.3) is 0 Å². The van der Waals surface area contributed by atoms with Crippen molar-refractivity contribution in [1.82, 2.24) is 15.5 Å². The Kier molecular flexibility index (Phi) is 7.12. The van der Waals surface area contributed by atoms with Gasteiger partial charge in [0, 0.05) is 26.2 Å². The van der Waals surface area contributed by atoms with Crippen LogP contribution in [0.5, 0.6) is 0 Å². The minimum atomic E-state index is -0.430. The van der Waals surface area contributed by atoms with E-state index in [1.165, 1.54) is 0 Å². The standard InChI is InChI=1S/C11H21N3O4/c1-2-18-10(15)9-13-11(16)12-3-4-14-5-7-17-8-6-14/h2-9H2,1H3,(H2,12,13,16). The normalized spacial score (nSPS) is 16.1. The molecule has 18 heavy (non-hydrogen) atoms. The maximum Gasteiger partial charge on any atom is 0.325 e. The summed E-state index contributed by atoms with van der Waals surface area (Å²) in [5.74, 6) is -0.430. The van der Waals surface area contributed by atoms with Crippen molar-refractivity contribution >= 4 is 12.0 Å². The number of hydrogen-bond acceptors (Lipinski definition) is 5. The van der Waals surface area contributed by atoms with Gasteiger partial charge in [0.1, 0.15) is 6.54 Å². The molecule has 0 radical (unpaired) electrons. The fourth-order valence-electron chi connectivity index (χ4n) is 1.58. The SMILES string of the molecule is CCOC(=O)CNC(=O)NCCN1CCOCC1. The van der Waals surface area contributed by atoms with Crippen molar-refractivity contribution < 1.29 is 19.1 Å². The molecule has 0 aliphatic carbocycles. The quantitative estimate of drug-likeness (QED) is 0.609. The van der Waals surface area contributed by atoms with E-state index in [9.17, 15) is 9.59 Å². The Morgan fingerprint density at radius 1 is 1.28 bits per heavy atom. The van der Waals surface area contributed by atoms with Gasteiger partial charge in [-0.2, -0.15) is 0 Å². The molecule has 0 aromatic heterocycles. The molecule has 1 heterocycles. The lowest BCUT2D eigenvalue weighted by molar-refractivity contribution is -0.141. The van der Waals surface area contributed by atoms with E-state index in [1.807, 2.05) is 0 Å². The van der Waals surface area contributed by atoms with E-state index in [4.69, 9.17) is 4.74 Å². The molecular formula is C11H21N3O4. The predicted molar refractivity (Wildman–Crippen MR) is 65.3 cm³/mol. The van der Waals surface area contributed by atoms with E-state index in [0.717, 1.165) is 32.8 Å². The molecule has 1 saturated heterocycles. The third kappa shape index (κ3) is 6.41. The number of ether oxygens (including phenoxy) is 2. The first-order valence-corrected chi connectivity index (χ1v) is 6.19. The van der Waals surface area contributed by atoms with Crippen LogP contribution in [0.1, 0.15) is 6.92 Å². The van der Waals surface area contributed by atoms with Crippen molar-refractivity contribution in [3.8, 4) is 0 Å². The van der Waals surface area contributed by atoms with E-state index in [0.29, 0.717) is 13.2 Å². The third-order valence-electron chi connectivity index (χ3n) is 2.52. The van der Waals surface area contributed by atoms with Gasteiger partial charge in [-0.3, -0.25) is 9.69 Å². The van der Waals surface area contributed by atoms with Crippen LogP contribution in [0.4, 0.5) is 4.79 Å². The van der Waals surface area contributed by atoms with Crippen molar-refractivity contribution in [1.29, 1.82) is 0 Å². The van der Waals surface area contributed by atoms with Gasteiger partial charge in [-0.25, -0.2) is 4.79 Å². The van der Waals surface area contributed by atoms with E-state index in [2.05, 4.69) is 20.3 Å². The van der Waals surface area contributed by atoms with Crippen molar-refractivity contribution in [3.63, 3.8) is 0 Å². The molecule has 7 heteroatoms. The molecule has 0 saturated carbocycles. The van der Waals surface area contributed by atoms with E-state index in [1.54, 1.807) is 6.92 Å². The first-order chi connectivity index (χ1) is 8.72. The molecule has 2 amide bonds. The highest BCUT2D eigenvalue weighted by Crippen LogP contribution is 1.94. The second kappa shape index (κ2) is 8.71. The van der Waals surface area contributed by atoms with E-state index >= 15 is 0 Å². The summed E-state index contributed by atoms with van der Waals surface area (Å²) >= 11 is 0. The van der Waals surface area contributed by atoms with Gasteiger partial charge in [-0.05, 0) is 6.92 Å². The van der Waals surface area contributed by atoms with E-state index in [-0.39, 0.29) is 12.6 Å². The number of nitrogens with one attached hydrogen (secondary N) is 2. The number of nitrogens with zero attached hydrogens (tertiary/aromatic N) is 1. The molecular weight excluding hydrogens is 238 g/mol. The Morgan fingerprint density at radius 2 is 2.00 bits per heavy atom. The molecule has 0 atom stereocenters. The highest BCUT2D eigenvalue weighted by molar-refractivity contribution is 5.80. The predicted octanol–water partition coefficient (Wildman–Crippen LogP) is -0.819. The Bertz CT molecular complexity index is 267. The topological polar surface area (TPSA) is 79.9 Å². The number of hydrogen-bond donors (Lipinski definition) is 2. The third-order valence-corrected chi connectivity index (χ3v) is 2.52. The lowest BCUT2D eigenvalue weighted by atomic mass is 10.4. The second-order valence-electron chi connectivity index (χ2n) is 3.87. The highest BCUT2D eigenvalue weighted by atomic mass is 16.5. The smallest absolute Gasteiger partial charge is 0.325 e. The van der Waals surface area contributed by atoms with Gasteiger partial charge in [0.15, 0.2) is 0 Å². The zero-order valence-corrected chi connectivity index (χ0v) is 10.7. The summed E-state index contributed by atoms with van der Waals surface area (Å²) in [5.41, 5.74) is 0. The Morgan fingerprint density at radius 3 is 2.67 bits per heavy atom. The minimum absolute atomic E-state index is 0.1000. The molecule has 2 N–H and O–H groups in total. The van der Waals surface area contributed by atoms with Crippen LogP contribution in [-0.4, -0.2) is 69.4 Å². The average Bonchev–Trinajstić information content (AvgIpc) is 2.38. The number of urea groups is 1. The summed E-state index contributed by atoms with van der Waals surface area (Å²) in [7, 11) is 0. The van der Waals surface area contributed by atoms with E-state index < -0.39 is 5.97 Å². The molecule has 0 spiro atoms. The van der Waals surface area contributed by atoms with Crippen LogP contribution >= 0.6 is 0 Å². The van der Waals surface area contributed by atoms with Crippen molar-refractivity contribution in [2.24, 2.45) is 0 Å². The molecule has 104 valence electrons. The fraction of sp³-hybridized carbons (Fsp3) is 0.818. The first kappa shape index (κ1) is 14.7. The summed E-state index contributed by atoms with van der Waals surface area (Å²) in [5, 5.41) is 5.12. The number of morpholine rings is 1. The first-order valence-electron chi connectivity index (χ1n) is 6.19. The number of carbonyl (C=O) groups excluding carboxylic acids is 2. The summed E-state index contributed by atoms with van der Waals surface area (Å²) in [6.07, 6.45) is 0. The summed E-state index contributed by atoms with van der Waals surface area (Å²) < 4.78 is 9.91. The summed E-state index contributed by atoms with van der Waals surface area (Å²) in [4.78, 5) is 24.5. The molecule has 1 fully saturated rings. The lowest BCUT2D eigenvalue weighted by Gasteiger charge is -2.26. The lowest BCUT2D eigenvalue weighted by Crippen LogP contribution is -2.44. The number of carbonyl (C=O) groups is 2. The molecule has 7 nitrogen and oxygen atoms in total. The number of amides is 2. The molecule has 1 aliphatic heterocycles. The largest absolute Gasteiger partial charge is 0.465 e. The van der Waals surface area contributed by atoms with Crippen LogP contribution in [0, 0.1) is 0 Å². The van der Waals surface area contributed by atoms with Crippen molar-refractivity contribution in [2.75, 3.05) is 52.5 Å². The van der Waals surface area contributed by atoms with Crippen LogP contribution in [0.2, 0.25) is 0 Å². The molecule has 1 aliphatic rings. The molecule has 0 aromatic rings. The molecule has 0 unspecified atom stereocenters. The van der Waals surface area contributed by atoms with Crippen LogP contribution in [-0.2, 0) is 14.3 Å².